The monoisotopic (exact) mass is 361 g/mol. The third kappa shape index (κ3) is 3.27. The van der Waals surface area contributed by atoms with Gasteiger partial charge >= 0.3 is 5.97 Å². The van der Waals surface area contributed by atoms with E-state index in [0.717, 1.165) is 35.9 Å². The van der Waals surface area contributed by atoms with Crippen LogP contribution in [-0.2, 0) is 17.6 Å². The molecule has 0 unspecified atom stereocenters. The summed E-state index contributed by atoms with van der Waals surface area (Å²) < 4.78 is 5.51. The van der Waals surface area contributed by atoms with Crippen LogP contribution in [-0.4, -0.2) is 22.8 Å². The van der Waals surface area contributed by atoms with Gasteiger partial charge in [0.2, 0.25) is 5.78 Å². The molecule has 0 saturated carbocycles. The fourth-order valence-electron chi connectivity index (χ4n) is 3.94. The number of aromatic nitrogens is 1. The van der Waals surface area contributed by atoms with Crippen molar-refractivity contribution >= 4 is 22.7 Å². The van der Waals surface area contributed by atoms with Crippen LogP contribution in [0.5, 0.6) is 0 Å². The number of hydrogen-bond acceptors (Lipinski definition) is 3. The smallest absolute Gasteiger partial charge is 0.338 e. The molecule has 4 rings (SSSR count). The first-order valence-corrected chi connectivity index (χ1v) is 9.49. The number of rotatable bonds is 4. The number of esters is 1. The van der Waals surface area contributed by atoms with E-state index in [0.29, 0.717) is 11.1 Å². The second kappa shape index (κ2) is 7.03. The van der Waals surface area contributed by atoms with E-state index < -0.39 is 12.1 Å². The fraction of sp³-hybridized carbons (Fsp3) is 0.304. The maximum absolute atomic E-state index is 12.9. The highest BCUT2D eigenvalue weighted by Crippen LogP contribution is 2.25. The van der Waals surface area contributed by atoms with Crippen LogP contribution in [0.25, 0.3) is 10.9 Å². The minimum Gasteiger partial charge on any atom is -0.451 e. The van der Waals surface area contributed by atoms with Gasteiger partial charge in [-0.2, -0.15) is 0 Å². The first kappa shape index (κ1) is 17.5. The first-order valence-electron chi connectivity index (χ1n) is 9.49. The zero-order chi connectivity index (χ0) is 19.0. The summed E-state index contributed by atoms with van der Waals surface area (Å²) >= 11 is 0. The number of ether oxygens (including phenoxy) is 1. The molecule has 1 heterocycles. The lowest BCUT2D eigenvalue weighted by Crippen LogP contribution is -2.25. The van der Waals surface area contributed by atoms with E-state index in [1.54, 1.807) is 13.0 Å². The predicted molar refractivity (Wildman–Crippen MR) is 105 cm³/mol. The molecule has 0 bridgehead atoms. The number of fused-ring (bicyclic) bond motifs is 2. The molecule has 138 valence electrons. The molecule has 4 heteroatoms. The zero-order valence-electron chi connectivity index (χ0n) is 15.7. The van der Waals surface area contributed by atoms with Gasteiger partial charge in [0.05, 0.1) is 5.56 Å². The van der Waals surface area contributed by atoms with Gasteiger partial charge in [0.15, 0.2) is 6.10 Å². The number of carbonyl (C=O) groups is 2. The topological polar surface area (TPSA) is 59.2 Å². The van der Waals surface area contributed by atoms with Gasteiger partial charge in [-0.3, -0.25) is 4.79 Å². The number of aromatic amines is 1. The third-order valence-electron chi connectivity index (χ3n) is 5.38. The second-order valence-corrected chi connectivity index (χ2v) is 7.27. The van der Waals surface area contributed by atoms with Gasteiger partial charge in [-0.1, -0.05) is 24.3 Å². The zero-order valence-corrected chi connectivity index (χ0v) is 15.7. The predicted octanol–water partition coefficient (Wildman–Crippen LogP) is 4.78. The molecule has 0 spiro atoms. The van der Waals surface area contributed by atoms with Crippen LogP contribution in [0, 0.1) is 6.92 Å². The van der Waals surface area contributed by atoms with Gasteiger partial charge in [-0.05, 0) is 68.9 Å². The number of para-hydroxylation sites is 1. The summed E-state index contributed by atoms with van der Waals surface area (Å²) in [5.41, 5.74) is 5.35. The van der Waals surface area contributed by atoms with Crippen molar-refractivity contribution in [3.05, 3.63) is 70.4 Å². The Morgan fingerprint density at radius 3 is 2.59 bits per heavy atom. The number of aryl methyl sites for hydroxylation is 3. The van der Waals surface area contributed by atoms with Crippen molar-refractivity contribution in [1.29, 1.82) is 0 Å². The van der Waals surface area contributed by atoms with Gasteiger partial charge < -0.3 is 9.72 Å². The van der Waals surface area contributed by atoms with E-state index in [2.05, 4.69) is 4.98 Å². The van der Waals surface area contributed by atoms with E-state index in [1.165, 1.54) is 17.5 Å². The highest BCUT2D eigenvalue weighted by molar-refractivity contribution is 6.11. The van der Waals surface area contributed by atoms with E-state index in [9.17, 15) is 9.59 Å². The molecular formula is C23H23NO3. The summed E-state index contributed by atoms with van der Waals surface area (Å²) in [5, 5.41) is 0.858. The SMILES string of the molecule is Cc1[nH]c2ccccc2c1C(=O)[C@H](C)OC(=O)c1ccc2c(c1)CCCC2. The summed E-state index contributed by atoms with van der Waals surface area (Å²) in [6.07, 6.45) is 3.58. The Bertz CT molecular complexity index is 1030. The van der Waals surface area contributed by atoms with Gasteiger partial charge in [0.1, 0.15) is 0 Å². The first-order chi connectivity index (χ1) is 13.0. The molecule has 0 radical (unpaired) electrons. The Hall–Kier alpha value is -2.88. The highest BCUT2D eigenvalue weighted by atomic mass is 16.5. The fourth-order valence-corrected chi connectivity index (χ4v) is 3.94. The quantitative estimate of drug-likeness (QED) is 0.537. The molecule has 4 nitrogen and oxygen atoms in total. The van der Waals surface area contributed by atoms with Gasteiger partial charge in [-0.15, -0.1) is 0 Å². The molecule has 0 amide bonds. The average Bonchev–Trinajstić information content (AvgIpc) is 3.02. The maximum atomic E-state index is 12.9. The third-order valence-corrected chi connectivity index (χ3v) is 5.38. The minimum absolute atomic E-state index is 0.184. The standard InChI is InChI=1S/C23H23NO3/c1-14-21(19-9-5-6-10-20(19)24-14)22(25)15(2)27-23(26)18-12-11-16-7-3-4-8-17(16)13-18/h5-6,9-13,15,24H,3-4,7-8H2,1-2H3/t15-/m0/s1. The second-order valence-electron chi connectivity index (χ2n) is 7.27. The molecule has 0 fully saturated rings. The molecule has 1 N–H and O–H groups in total. The van der Waals surface area contributed by atoms with Crippen LogP contribution in [0.1, 0.15) is 57.3 Å². The van der Waals surface area contributed by atoms with Crippen LogP contribution in [0.3, 0.4) is 0 Å². The molecule has 1 aliphatic rings. The summed E-state index contributed by atoms with van der Waals surface area (Å²) in [6.45, 7) is 3.51. The van der Waals surface area contributed by atoms with Crippen molar-refractivity contribution in [2.24, 2.45) is 0 Å². The highest BCUT2D eigenvalue weighted by Gasteiger charge is 2.25. The van der Waals surface area contributed by atoms with Crippen molar-refractivity contribution < 1.29 is 14.3 Å². The summed E-state index contributed by atoms with van der Waals surface area (Å²) in [6, 6.07) is 13.4. The van der Waals surface area contributed by atoms with Gasteiger partial charge in [-0.25, -0.2) is 4.79 Å². The molecule has 1 aliphatic carbocycles. The molecular weight excluding hydrogens is 338 g/mol. The summed E-state index contributed by atoms with van der Waals surface area (Å²) in [4.78, 5) is 28.7. The normalized spacial score (nSPS) is 14.6. The molecule has 0 aliphatic heterocycles. The molecule has 3 aromatic rings. The molecule has 27 heavy (non-hydrogen) atoms. The lowest BCUT2D eigenvalue weighted by molar-refractivity contribution is 0.0319. The number of carbonyl (C=O) groups excluding carboxylic acids is 2. The van der Waals surface area contributed by atoms with Crippen LogP contribution >= 0.6 is 0 Å². The summed E-state index contributed by atoms with van der Waals surface area (Å²) in [7, 11) is 0. The largest absolute Gasteiger partial charge is 0.451 e. The van der Waals surface area contributed by atoms with Crippen molar-refractivity contribution in [1.82, 2.24) is 4.98 Å². The van der Waals surface area contributed by atoms with Crippen molar-refractivity contribution in [3.8, 4) is 0 Å². The number of ketones is 1. The van der Waals surface area contributed by atoms with Gasteiger partial charge in [0, 0.05) is 22.2 Å². The number of H-pyrrole nitrogens is 1. The van der Waals surface area contributed by atoms with E-state index in [1.807, 2.05) is 43.3 Å². The average molecular weight is 361 g/mol. The molecule has 0 saturated heterocycles. The number of nitrogens with one attached hydrogen (secondary N) is 1. The Balaban J connectivity index is 1.54. The molecule has 2 aromatic carbocycles. The molecule has 1 atom stereocenters. The number of hydrogen-bond donors (Lipinski definition) is 1. The van der Waals surface area contributed by atoms with Crippen LogP contribution in [0.4, 0.5) is 0 Å². The Kier molecular flexibility index (Phi) is 4.56. The van der Waals surface area contributed by atoms with Crippen LogP contribution in [0.2, 0.25) is 0 Å². The number of Topliss-reactive ketones (excluding diaryl/α,β-unsaturated/α-hetero) is 1. The van der Waals surface area contributed by atoms with Crippen LogP contribution in [0.15, 0.2) is 42.5 Å². The molecule has 1 aromatic heterocycles. The van der Waals surface area contributed by atoms with Crippen LogP contribution < -0.4 is 0 Å². The Labute approximate surface area is 158 Å². The minimum atomic E-state index is -0.841. The number of benzene rings is 2. The van der Waals surface area contributed by atoms with E-state index in [-0.39, 0.29) is 5.78 Å². The van der Waals surface area contributed by atoms with Crippen molar-refractivity contribution in [2.75, 3.05) is 0 Å². The van der Waals surface area contributed by atoms with Crippen molar-refractivity contribution in [3.63, 3.8) is 0 Å². The van der Waals surface area contributed by atoms with Crippen molar-refractivity contribution in [2.45, 2.75) is 45.6 Å². The van der Waals surface area contributed by atoms with Gasteiger partial charge in [0.25, 0.3) is 0 Å². The summed E-state index contributed by atoms with van der Waals surface area (Å²) in [5.74, 6) is -0.627. The Morgan fingerprint density at radius 2 is 1.78 bits per heavy atom. The van der Waals surface area contributed by atoms with E-state index >= 15 is 0 Å². The Morgan fingerprint density at radius 1 is 1.04 bits per heavy atom. The van der Waals surface area contributed by atoms with E-state index in [4.69, 9.17) is 4.74 Å². The maximum Gasteiger partial charge on any atom is 0.338 e. The lowest BCUT2D eigenvalue weighted by atomic mass is 9.90. The lowest BCUT2D eigenvalue weighted by Gasteiger charge is -2.17.